The van der Waals surface area contributed by atoms with Crippen LogP contribution >= 0.6 is 0 Å². The average Bonchev–Trinajstić information content (AvgIpc) is 3.30. The fourth-order valence-corrected chi connectivity index (χ4v) is 4.21. The second kappa shape index (κ2) is 9.32. The monoisotopic (exact) mass is 426 g/mol. The minimum Gasteiger partial charge on any atom is -0.370 e. The number of aromatic nitrogens is 1. The summed E-state index contributed by atoms with van der Waals surface area (Å²) >= 11 is 0. The van der Waals surface area contributed by atoms with Gasteiger partial charge < -0.3 is 19.7 Å². The van der Waals surface area contributed by atoms with E-state index in [-0.39, 0.29) is 23.6 Å². The molecule has 0 bridgehead atoms. The second-order valence-corrected chi connectivity index (χ2v) is 8.14. The van der Waals surface area contributed by atoms with Crippen molar-refractivity contribution in [3.05, 3.63) is 58.3 Å². The third-order valence-electron chi connectivity index (χ3n) is 5.91. The number of piperidine rings is 1. The van der Waals surface area contributed by atoms with Crippen molar-refractivity contribution >= 4 is 23.2 Å². The number of carbonyl (C=O) groups is 2. The maximum Gasteiger partial charge on any atom is 0.257 e. The number of benzene rings is 1. The molecule has 4 rings (SSSR count). The van der Waals surface area contributed by atoms with Crippen molar-refractivity contribution in [2.24, 2.45) is 0 Å². The van der Waals surface area contributed by atoms with Crippen LogP contribution in [0.2, 0.25) is 0 Å². The molecule has 2 amide bonds. The molecule has 0 radical (unpaired) electrons. The number of nitrogens with zero attached hydrogens (tertiary/aromatic N) is 3. The van der Waals surface area contributed by atoms with Gasteiger partial charge in [-0.1, -0.05) is 0 Å². The normalized spacial score (nSPS) is 16.4. The van der Waals surface area contributed by atoms with E-state index >= 15 is 0 Å². The van der Waals surface area contributed by atoms with Gasteiger partial charge in [-0.25, -0.2) is 4.39 Å². The summed E-state index contributed by atoms with van der Waals surface area (Å²) in [5, 5.41) is 2.78. The van der Waals surface area contributed by atoms with E-state index in [1.165, 1.54) is 35.0 Å². The zero-order valence-electron chi connectivity index (χ0n) is 17.5. The average molecular weight is 426 g/mol. The number of rotatable bonds is 5. The molecule has 1 N–H and O–H groups in total. The number of hydrogen-bond donors (Lipinski definition) is 1. The first-order valence-electron chi connectivity index (χ1n) is 10.9. The van der Waals surface area contributed by atoms with Crippen LogP contribution in [0, 0.1) is 5.82 Å². The van der Waals surface area contributed by atoms with Crippen molar-refractivity contribution in [2.45, 2.75) is 38.6 Å². The summed E-state index contributed by atoms with van der Waals surface area (Å²) in [6.45, 7) is 3.02. The number of halogens is 1. The van der Waals surface area contributed by atoms with E-state index in [9.17, 15) is 18.8 Å². The Morgan fingerprint density at radius 1 is 0.935 bits per heavy atom. The summed E-state index contributed by atoms with van der Waals surface area (Å²) in [6.07, 6.45) is 6.56. The van der Waals surface area contributed by atoms with Gasteiger partial charge in [0.05, 0.1) is 16.9 Å². The Labute approximate surface area is 180 Å². The highest BCUT2D eigenvalue weighted by atomic mass is 19.1. The molecular formula is C23H27FN4O3. The number of likely N-dealkylation sites (tertiary alicyclic amines) is 1. The Kier molecular flexibility index (Phi) is 6.34. The van der Waals surface area contributed by atoms with E-state index in [0.29, 0.717) is 18.8 Å². The maximum absolute atomic E-state index is 13.9. The quantitative estimate of drug-likeness (QED) is 0.798. The van der Waals surface area contributed by atoms with Gasteiger partial charge in [0.25, 0.3) is 11.5 Å². The zero-order valence-corrected chi connectivity index (χ0v) is 17.5. The van der Waals surface area contributed by atoms with E-state index < -0.39 is 11.7 Å². The van der Waals surface area contributed by atoms with Crippen LogP contribution in [0.1, 0.15) is 42.5 Å². The lowest BCUT2D eigenvalue weighted by Crippen LogP contribution is -2.39. The lowest BCUT2D eigenvalue weighted by Gasteiger charge is -2.27. The number of pyridine rings is 1. The van der Waals surface area contributed by atoms with Gasteiger partial charge in [0.1, 0.15) is 12.4 Å². The molecule has 2 fully saturated rings. The molecule has 31 heavy (non-hydrogen) atoms. The molecule has 164 valence electrons. The molecule has 2 aliphatic rings. The first kappa shape index (κ1) is 21.1. The van der Waals surface area contributed by atoms with Gasteiger partial charge in [-0.3, -0.25) is 14.4 Å². The van der Waals surface area contributed by atoms with Crippen molar-refractivity contribution < 1.29 is 14.0 Å². The zero-order chi connectivity index (χ0) is 21.8. The molecule has 3 heterocycles. The third-order valence-corrected chi connectivity index (χ3v) is 5.91. The van der Waals surface area contributed by atoms with Crippen molar-refractivity contribution in [1.29, 1.82) is 0 Å². The third kappa shape index (κ3) is 4.95. The Morgan fingerprint density at radius 3 is 2.39 bits per heavy atom. The molecule has 8 heteroatoms. The SMILES string of the molecule is O=C(Nc1cc(F)ccc1N1CCCC1)c1ccc(=O)n(CC(=O)N2CCCCC2)c1. The van der Waals surface area contributed by atoms with Crippen LogP contribution in [0.25, 0.3) is 0 Å². The Morgan fingerprint density at radius 2 is 1.65 bits per heavy atom. The standard InChI is InChI=1S/C23H27FN4O3/c24-18-7-8-20(26-10-4-5-11-26)19(14-18)25-23(31)17-6-9-21(29)28(15-17)16-22(30)27-12-2-1-3-13-27/h6-9,14-15H,1-5,10-13,16H2,(H,25,31). The van der Waals surface area contributed by atoms with Gasteiger partial charge in [0.15, 0.2) is 0 Å². The van der Waals surface area contributed by atoms with Crippen molar-refractivity contribution in [3.63, 3.8) is 0 Å². The van der Waals surface area contributed by atoms with Gasteiger partial charge in [-0.05, 0) is 56.4 Å². The Balaban J connectivity index is 1.52. The van der Waals surface area contributed by atoms with E-state index in [4.69, 9.17) is 0 Å². The van der Waals surface area contributed by atoms with E-state index in [1.807, 2.05) is 0 Å². The fraction of sp³-hybridized carbons (Fsp3) is 0.435. The van der Waals surface area contributed by atoms with Crippen LogP contribution in [0.3, 0.4) is 0 Å². The lowest BCUT2D eigenvalue weighted by molar-refractivity contribution is -0.132. The van der Waals surface area contributed by atoms with Crippen LogP contribution in [0.5, 0.6) is 0 Å². The van der Waals surface area contributed by atoms with Crippen LogP contribution in [0.15, 0.2) is 41.3 Å². The predicted molar refractivity (Wildman–Crippen MR) is 117 cm³/mol. The fourth-order valence-electron chi connectivity index (χ4n) is 4.21. The van der Waals surface area contributed by atoms with Crippen LogP contribution in [-0.2, 0) is 11.3 Å². The summed E-state index contributed by atoms with van der Waals surface area (Å²) in [4.78, 5) is 41.5. The highest BCUT2D eigenvalue weighted by molar-refractivity contribution is 6.05. The topological polar surface area (TPSA) is 74.6 Å². The first-order valence-corrected chi connectivity index (χ1v) is 10.9. The summed E-state index contributed by atoms with van der Waals surface area (Å²) < 4.78 is 15.1. The van der Waals surface area contributed by atoms with Crippen LogP contribution < -0.4 is 15.8 Å². The minimum absolute atomic E-state index is 0.0983. The highest BCUT2D eigenvalue weighted by Crippen LogP contribution is 2.30. The molecule has 2 aliphatic heterocycles. The largest absolute Gasteiger partial charge is 0.370 e. The van der Waals surface area contributed by atoms with E-state index in [1.54, 1.807) is 11.0 Å². The smallest absolute Gasteiger partial charge is 0.257 e. The predicted octanol–water partition coefficient (Wildman–Crippen LogP) is 2.85. The summed E-state index contributed by atoms with van der Waals surface area (Å²) in [7, 11) is 0. The van der Waals surface area contributed by atoms with Crippen molar-refractivity contribution in [3.8, 4) is 0 Å². The number of amides is 2. The molecule has 0 atom stereocenters. The Bertz CT molecular complexity index is 1020. The Hall–Kier alpha value is -3.16. The maximum atomic E-state index is 13.9. The minimum atomic E-state index is -0.454. The number of hydrogen-bond acceptors (Lipinski definition) is 4. The molecule has 2 aromatic rings. The molecule has 0 spiro atoms. The molecule has 1 aromatic carbocycles. The van der Waals surface area contributed by atoms with Gasteiger partial charge >= 0.3 is 0 Å². The van der Waals surface area contributed by atoms with E-state index in [2.05, 4.69) is 10.2 Å². The van der Waals surface area contributed by atoms with E-state index in [0.717, 1.165) is 50.9 Å². The molecule has 7 nitrogen and oxygen atoms in total. The summed E-state index contributed by atoms with van der Waals surface area (Å²) in [5.41, 5.74) is 1.07. The number of nitrogens with one attached hydrogen (secondary N) is 1. The molecule has 0 saturated carbocycles. The number of carbonyl (C=O) groups excluding carboxylic acids is 2. The number of anilines is 2. The summed E-state index contributed by atoms with van der Waals surface area (Å²) in [6, 6.07) is 7.07. The molecule has 0 unspecified atom stereocenters. The molecule has 1 aromatic heterocycles. The van der Waals surface area contributed by atoms with Gasteiger partial charge in [0.2, 0.25) is 5.91 Å². The lowest BCUT2D eigenvalue weighted by atomic mass is 10.1. The first-order chi connectivity index (χ1) is 15.0. The van der Waals surface area contributed by atoms with Gasteiger partial charge in [-0.2, -0.15) is 0 Å². The second-order valence-electron chi connectivity index (χ2n) is 8.14. The molecule has 0 aliphatic carbocycles. The highest BCUT2D eigenvalue weighted by Gasteiger charge is 2.20. The van der Waals surface area contributed by atoms with Crippen LogP contribution in [0.4, 0.5) is 15.8 Å². The van der Waals surface area contributed by atoms with Gasteiger partial charge in [-0.15, -0.1) is 0 Å². The van der Waals surface area contributed by atoms with Gasteiger partial charge in [0, 0.05) is 38.4 Å². The molecule has 2 saturated heterocycles. The van der Waals surface area contributed by atoms with Crippen LogP contribution in [-0.4, -0.2) is 47.5 Å². The van der Waals surface area contributed by atoms with Crippen molar-refractivity contribution in [1.82, 2.24) is 9.47 Å². The summed E-state index contributed by atoms with van der Waals surface area (Å²) in [5.74, 6) is -1.01. The molecular weight excluding hydrogens is 399 g/mol. The van der Waals surface area contributed by atoms with Crippen molar-refractivity contribution in [2.75, 3.05) is 36.4 Å².